The van der Waals surface area contributed by atoms with Crippen molar-refractivity contribution in [2.45, 2.75) is 20.4 Å². The predicted molar refractivity (Wildman–Crippen MR) is 89.9 cm³/mol. The summed E-state index contributed by atoms with van der Waals surface area (Å²) in [6.45, 7) is 4.76. The molecule has 0 saturated heterocycles. The summed E-state index contributed by atoms with van der Waals surface area (Å²) >= 11 is 0. The fraction of sp³-hybridized carbons (Fsp3) is 0.438. The minimum Gasteiger partial charge on any atom is -0.476 e. The van der Waals surface area contributed by atoms with Gasteiger partial charge in [-0.05, 0) is 19.4 Å². The molecule has 126 valence electrons. The zero-order valence-electron chi connectivity index (χ0n) is 14.0. The molecule has 0 N–H and O–H groups in total. The summed E-state index contributed by atoms with van der Waals surface area (Å²) in [6.07, 6.45) is 1.22. The van der Waals surface area contributed by atoms with Gasteiger partial charge in [0, 0.05) is 25.7 Å². The SMILES string of the molecule is Cc1nn(C)c(OCCN(Cc2ccccc2)S(C)(=O)=O)c1C. The molecule has 6 nitrogen and oxygen atoms in total. The van der Waals surface area contributed by atoms with Crippen LogP contribution in [0.5, 0.6) is 5.88 Å². The molecule has 0 aliphatic heterocycles. The molecule has 0 unspecified atom stereocenters. The van der Waals surface area contributed by atoms with Gasteiger partial charge in [-0.25, -0.2) is 13.1 Å². The van der Waals surface area contributed by atoms with Crippen LogP contribution in [0.2, 0.25) is 0 Å². The third-order valence-electron chi connectivity index (χ3n) is 3.71. The Morgan fingerprint density at radius 1 is 1.22 bits per heavy atom. The van der Waals surface area contributed by atoms with Crippen molar-refractivity contribution in [1.29, 1.82) is 0 Å². The van der Waals surface area contributed by atoms with Crippen LogP contribution in [-0.2, 0) is 23.6 Å². The lowest BCUT2D eigenvalue weighted by Crippen LogP contribution is -2.33. The van der Waals surface area contributed by atoms with Crippen molar-refractivity contribution in [2.75, 3.05) is 19.4 Å². The van der Waals surface area contributed by atoms with E-state index >= 15 is 0 Å². The van der Waals surface area contributed by atoms with Crippen LogP contribution in [0.25, 0.3) is 0 Å². The van der Waals surface area contributed by atoms with Crippen molar-refractivity contribution >= 4 is 10.0 Å². The lowest BCUT2D eigenvalue weighted by molar-refractivity contribution is 0.251. The standard InChI is InChI=1S/C16H23N3O3S/c1-13-14(2)17-18(3)16(13)22-11-10-19(23(4,20)21)12-15-8-6-5-7-9-15/h5-9H,10-12H2,1-4H3. The zero-order valence-corrected chi connectivity index (χ0v) is 14.8. The van der Waals surface area contributed by atoms with Crippen LogP contribution < -0.4 is 4.74 Å². The minimum absolute atomic E-state index is 0.277. The first-order chi connectivity index (χ1) is 10.8. The van der Waals surface area contributed by atoms with Crippen LogP contribution in [0.15, 0.2) is 30.3 Å². The van der Waals surface area contributed by atoms with Crippen molar-refractivity contribution in [2.24, 2.45) is 7.05 Å². The molecule has 2 rings (SSSR count). The molecule has 7 heteroatoms. The molecule has 0 bridgehead atoms. The van der Waals surface area contributed by atoms with E-state index in [2.05, 4.69) is 5.10 Å². The Hall–Kier alpha value is -1.86. The Morgan fingerprint density at radius 2 is 1.87 bits per heavy atom. The predicted octanol–water partition coefficient (Wildman–Crippen LogP) is 1.88. The van der Waals surface area contributed by atoms with E-state index < -0.39 is 10.0 Å². The average Bonchev–Trinajstić information content (AvgIpc) is 2.72. The molecule has 1 aromatic heterocycles. The summed E-state index contributed by atoms with van der Waals surface area (Å²) in [5, 5.41) is 4.28. The molecule has 0 aliphatic carbocycles. The smallest absolute Gasteiger partial charge is 0.214 e. The van der Waals surface area contributed by atoms with Crippen molar-refractivity contribution in [3.63, 3.8) is 0 Å². The highest BCUT2D eigenvalue weighted by molar-refractivity contribution is 7.88. The van der Waals surface area contributed by atoms with Crippen molar-refractivity contribution in [3.8, 4) is 5.88 Å². The van der Waals surface area contributed by atoms with E-state index in [-0.39, 0.29) is 13.2 Å². The maximum atomic E-state index is 12.0. The van der Waals surface area contributed by atoms with Crippen LogP contribution in [0, 0.1) is 13.8 Å². The molecule has 0 aliphatic rings. The van der Waals surface area contributed by atoms with Crippen LogP contribution >= 0.6 is 0 Å². The second-order valence-corrected chi connectivity index (χ2v) is 7.55. The quantitative estimate of drug-likeness (QED) is 0.774. The summed E-state index contributed by atoms with van der Waals surface area (Å²) < 4.78 is 32.8. The van der Waals surface area contributed by atoms with Crippen molar-refractivity contribution in [3.05, 3.63) is 47.2 Å². The number of aryl methyl sites for hydroxylation is 2. The van der Waals surface area contributed by atoms with Gasteiger partial charge >= 0.3 is 0 Å². The number of hydrogen-bond acceptors (Lipinski definition) is 4. The van der Waals surface area contributed by atoms with E-state index in [0.717, 1.165) is 16.8 Å². The lowest BCUT2D eigenvalue weighted by Gasteiger charge is -2.20. The molecule has 0 fully saturated rings. The Balaban J connectivity index is 2.02. The number of aromatic nitrogens is 2. The van der Waals surface area contributed by atoms with Crippen LogP contribution in [0.4, 0.5) is 0 Å². The Morgan fingerprint density at radius 3 is 2.39 bits per heavy atom. The van der Waals surface area contributed by atoms with Gasteiger partial charge in [0.05, 0.1) is 11.9 Å². The van der Waals surface area contributed by atoms with Gasteiger partial charge < -0.3 is 4.74 Å². The van der Waals surface area contributed by atoms with Crippen LogP contribution in [0.1, 0.15) is 16.8 Å². The number of rotatable bonds is 7. The van der Waals surface area contributed by atoms with Gasteiger partial charge in [0.2, 0.25) is 15.9 Å². The molecule has 23 heavy (non-hydrogen) atoms. The molecule has 1 heterocycles. The summed E-state index contributed by atoms with van der Waals surface area (Å²) in [6, 6.07) is 9.52. The molecule has 0 radical (unpaired) electrons. The van der Waals surface area contributed by atoms with E-state index in [1.54, 1.807) is 4.68 Å². The van der Waals surface area contributed by atoms with E-state index in [1.165, 1.54) is 10.6 Å². The lowest BCUT2D eigenvalue weighted by atomic mass is 10.2. The molecule has 0 amide bonds. The van der Waals surface area contributed by atoms with Gasteiger partial charge in [0.1, 0.15) is 6.61 Å². The van der Waals surface area contributed by atoms with Gasteiger partial charge in [-0.3, -0.25) is 0 Å². The van der Waals surface area contributed by atoms with Gasteiger partial charge in [-0.2, -0.15) is 9.40 Å². The highest BCUT2D eigenvalue weighted by atomic mass is 32.2. The molecular weight excluding hydrogens is 314 g/mol. The van der Waals surface area contributed by atoms with Gasteiger partial charge in [-0.15, -0.1) is 0 Å². The van der Waals surface area contributed by atoms with E-state index in [9.17, 15) is 8.42 Å². The first-order valence-electron chi connectivity index (χ1n) is 7.41. The normalized spacial score (nSPS) is 11.9. The number of hydrogen-bond donors (Lipinski definition) is 0. The fourth-order valence-corrected chi connectivity index (χ4v) is 3.13. The third kappa shape index (κ3) is 4.56. The topological polar surface area (TPSA) is 64.4 Å². The summed E-state index contributed by atoms with van der Waals surface area (Å²) in [5.74, 6) is 0.677. The highest BCUT2D eigenvalue weighted by Gasteiger charge is 2.18. The number of nitrogens with zero attached hydrogens (tertiary/aromatic N) is 3. The van der Waals surface area contributed by atoms with Gasteiger partial charge in [0.15, 0.2) is 0 Å². The maximum Gasteiger partial charge on any atom is 0.214 e. The number of ether oxygens (including phenoxy) is 1. The molecular formula is C16H23N3O3S. The summed E-state index contributed by atoms with van der Waals surface area (Å²) in [4.78, 5) is 0. The van der Waals surface area contributed by atoms with E-state index in [0.29, 0.717) is 12.4 Å². The van der Waals surface area contributed by atoms with Crippen LogP contribution in [-0.4, -0.2) is 41.9 Å². The van der Waals surface area contributed by atoms with E-state index in [1.807, 2.05) is 51.2 Å². The van der Waals surface area contributed by atoms with E-state index in [4.69, 9.17) is 4.74 Å². The molecule has 0 atom stereocenters. The second-order valence-electron chi connectivity index (χ2n) is 5.57. The summed E-state index contributed by atoms with van der Waals surface area (Å²) in [7, 11) is -1.49. The Kier molecular flexibility index (Phi) is 5.43. The first-order valence-corrected chi connectivity index (χ1v) is 9.26. The molecule has 2 aromatic rings. The molecule has 1 aromatic carbocycles. The number of sulfonamides is 1. The van der Waals surface area contributed by atoms with Crippen molar-refractivity contribution in [1.82, 2.24) is 14.1 Å². The first kappa shape index (κ1) is 17.5. The maximum absolute atomic E-state index is 12.0. The largest absolute Gasteiger partial charge is 0.476 e. The Bertz CT molecular complexity index is 754. The summed E-state index contributed by atoms with van der Waals surface area (Å²) in [5.41, 5.74) is 2.83. The highest BCUT2D eigenvalue weighted by Crippen LogP contribution is 2.19. The fourth-order valence-electron chi connectivity index (χ4n) is 2.34. The molecule has 0 spiro atoms. The molecule has 0 saturated carbocycles. The Labute approximate surface area is 137 Å². The van der Waals surface area contributed by atoms with Gasteiger partial charge in [0.25, 0.3) is 0 Å². The number of benzene rings is 1. The average molecular weight is 337 g/mol. The zero-order chi connectivity index (χ0) is 17.0. The third-order valence-corrected chi connectivity index (χ3v) is 4.96. The minimum atomic E-state index is -3.30. The second kappa shape index (κ2) is 7.14. The van der Waals surface area contributed by atoms with Crippen molar-refractivity contribution < 1.29 is 13.2 Å². The monoisotopic (exact) mass is 337 g/mol. The van der Waals surface area contributed by atoms with Gasteiger partial charge in [-0.1, -0.05) is 30.3 Å². The van der Waals surface area contributed by atoms with Crippen LogP contribution in [0.3, 0.4) is 0 Å².